The Hall–Kier alpha value is -1.68. The van der Waals surface area contributed by atoms with Crippen molar-refractivity contribution in [1.29, 1.82) is 0 Å². The van der Waals surface area contributed by atoms with E-state index in [1.165, 1.54) is 0 Å². The minimum Gasteiger partial charge on any atom is -0.454 e. The van der Waals surface area contributed by atoms with Crippen molar-refractivity contribution in [3.63, 3.8) is 0 Å². The van der Waals surface area contributed by atoms with E-state index in [0.717, 1.165) is 11.3 Å². The number of aromatic nitrogens is 2. The van der Waals surface area contributed by atoms with Crippen molar-refractivity contribution < 1.29 is 4.74 Å². The summed E-state index contributed by atoms with van der Waals surface area (Å²) in [5.41, 5.74) is 1.08. The van der Waals surface area contributed by atoms with Gasteiger partial charge in [0, 0.05) is 6.20 Å². The van der Waals surface area contributed by atoms with E-state index in [-0.39, 0.29) is 0 Å². The first-order chi connectivity index (χ1) is 7.25. The molecule has 0 atom stereocenters. The van der Waals surface area contributed by atoms with Gasteiger partial charge in [-0.2, -0.15) is 0 Å². The van der Waals surface area contributed by atoms with Gasteiger partial charge in [0.05, 0.1) is 6.20 Å². The maximum Gasteiger partial charge on any atom is 0.196 e. The third kappa shape index (κ3) is 2.41. The molecule has 2 aromatic rings. The van der Waals surface area contributed by atoms with Crippen LogP contribution in [-0.4, -0.2) is 9.97 Å². The monoisotopic (exact) mass is 218 g/mol. The van der Waals surface area contributed by atoms with E-state index in [1.807, 2.05) is 31.2 Å². The predicted molar refractivity (Wildman–Crippen MR) is 60.7 cm³/mol. The van der Waals surface area contributed by atoms with E-state index >= 15 is 0 Å². The smallest absolute Gasteiger partial charge is 0.196 e. The number of rotatable bonds is 2. The average molecular weight is 218 g/mol. The fourth-order valence-electron chi connectivity index (χ4n) is 1.18. The van der Waals surface area contributed by atoms with Crippen LogP contribution < -0.4 is 4.74 Å². The summed E-state index contributed by atoms with van der Waals surface area (Å²) >= 11 is 4.84. The van der Waals surface area contributed by atoms with Crippen LogP contribution in [0.3, 0.4) is 0 Å². The van der Waals surface area contributed by atoms with Gasteiger partial charge in [0.1, 0.15) is 5.75 Å². The molecule has 1 heterocycles. The lowest BCUT2D eigenvalue weighted by Crippen LogP contribution is -1.89. The summed E-state index contributed by atoms with van der Waals surface area (Å²) in [5, 5.41) is 0. The SMILES string of the molecule is Cc1ccccc1Oc1cnc(=S)[nH]c1. The third-order valence-corrected chi connectivity index (χ3v) is 2.19. The van der Waals surface area contributed by atoms with Gasteiger partial charge in [-0.3, -0.25) is 0 Å². The Morgan fingerprint density at radius 3 is 2.80 bits per heavy atom. The highest BCUT2D eigenvalue weighted by Gasteiger charge is 1.99. The van der Waals surface area contributed by atoms with Gasteiger partial charge < -0.3 is 9.72 Å². The molecule has 15 heavy (non-hydrogen) atoms. The second kappa shape index (κ2) is 4.23. The highest BCUT2D eigenvalue weighted by Crippen LogP contribution is 2.22. The van der Waals surface area contributed by atoms with Crippen molar-refractivity contribution in [2.24, 2.45) is 0 Å². The first-order valence-electron chi connectivity index (χ1n) is 4.54. The van der Waals surface area contributed by atoms with Crippen LogP contribution in [-0.2, 0) is 0 Å². The number of ether oxygens (including phenoxy) is 1. The first-order valence-corrected chi connectivity index (χ1v) is 4.95. The maximum atomic E-state index is 5.62. The molecule has 0 amide bonds. The zero-order valence-corrected chi connectivity index (χ0v) is 9.04. The molecule has 0 saturated carbocycles. The molecule has 1 aromatic heterocycles. The van der Waals surface area contributed by atoms with Crippen LogP contribution in [0.25, 0.3) is 0 Å². The summed E-state index contributed by atoms with van der Waals surface area (Å²) in [4.78, 5) is 6.76. The molecular formula is C11H10N2OS. The molecule has 76 valence electrons. The molecule has 2 rings (SSSR count). The zero-order chi connectivity index (χ0) is 10.7. The molecule has 1 aromatic carbocycles. The van der Waals surface area contributed by atoms with Gasteiger partial charge in [0.25, 0.3) is 0 Å². The fraction of sp³-hybridized carbons (Fsp3) is 0.0909. The quantitative estimate of drug-likeness (QED) is 0.786. The number of hydrogen-bond donors (Lipinski definition) is 1. The summed E-state index contributed by atoms with van der Waals surface area (Å²) in [7, 11) is 0. The van der Waals surface area contributed by atoms with Gasteiger partial charge in [-0.25, -0.2) is 4.98 Å². The fourth-order valence-corrected chi connectivity index (χ4v) is 1.30. The van der Waals surface area contributed by atoms with Crippen molar-refractivity contribution >= 4 is 12.2 Å². The third-order valence-electron chi connectivity index (χ3n) is 1.97. The van der Waals surface area contributed by atoms with Crippen LogP contribution >= 0.6 is 12.2 Å². The van der Waals surface area contributed by atoms with E-state index in [4.69, 9.17) is 17.0 Å². The van der Waals surface area contributed by atoms with Crippen LogP contribution in [0.15, 0.2) is 36.7 Å². The molecule has 1 N–H and O–H groups in total. The molecule has 0 aliphatic rings. The Balaban J connectivity index is 2.26. The topological polar surface area (TPSA) is 37.9 Å². The lowest BCUT2D eigenvalue weighted by Gasteiger charge is -2.06. The van der Waals surface area contributed by atoms with E-state index < -0.39 is 0 Å². The normalized spacial score (nSPS) is 9.93. The second-order valence-electron chi connectivity index (χ2n) is 3.12. The summed E-state index contributed by atoms with van der Waals surface area (Å²) in [6.07, 6.45) is 3.30. The highest BCUT2D eigenvalue weighted by atomic mass is 32.1. The Bertz CT molecular complexity index is 501. The summed E-state index contributed by atoms with van der Waals surface area (Å²) in [6, 6.07) is 7.81. The average Bonchev–Trinajstić information content (AvgIpc) is 2.25. The van der Waals surface area contributed by atoms with Gasteiger partial charge in [-0.15, -0.1) is 0 Å². The lowest BCUT2D eigenvalue weighted by atomic mass is 10.2. The zero-order valence-electron chi connectivity index (χ0n) is 8.23. The number of para-hydroxylation sites is 1. The maximum absolute atomic E-state index is 5.62. The Labute approximate surface area is 92.8 Å². The predicted octanol–water partition coefficient (Wildman–Crippen LogP) is 3.24. The molecule has 4 heteroatoms. The van der Waals surface area contributed by atoms with E-state index in [2.05, 4.69) is 9.97 Å². The molecule has 3 nitrogen and oxygen atoms in total. The van der Waals surface area contributed by atoms with Gasteiger partial charge in [0.2, 0.25) is 0 Å². The lowest BCUT2D eigenvalue weighted by molar-refractivity contribution is 0.473. The number of benzene rings is 1. The van der Waals surface area contributed by atoms with Crippen molar-refractivity contribution in [3.05, 3.63) is 47.0 Å². The summed E-state index contributed by atoms with van der Waals surface area (Å²) in [6.45, 7) is 1.99. The second-order valence-corrected chi connectivity index (χ2v) is 3.51. The molecule has 0 unspecified atom stereocenters. The first kappa shape index (κ1) is 9.86. The van der Waals surface area contributed by atoms with Crippen molar-refractivity contribution in [2.45, 2.75) is 6.92 Å². The van der Waals surface area contributed by atoms with Crippen LogP contribution in [0.5, 0.6) is 11.5 Å². The molecule has 0 aliphatic carbocycles. The van der Waals surface area contributed by atoms with Gasteiger partial charge in [0.15, 0.2) is 10.5 Å². The Kier molecular flexibility index (Phi) is 2.78. The molecular weight excluding hydrogens is 208 g/mol. The van der Waals surface area contributed by atoms with E-state index in [1.54, 1.807) is 12.4 Å². The van der Waals surface area contributed by atoms with Gasteiger partial charge in [-0.05, 0) is 30.8 Å². The van der Waals surface area contributed by atoms with Crippen molar-refractivity contribution in [2.75, 3.05) is 0 Å². The van der Waals surface area contributed by atoms with Crippen LogP contribution in [0.2, 0.25) is 0 Å². The largest absolute Gasteiger partial charge is 0.454 e. The number of H-pyrrole nitrogens is 1. The molecule has 0 radical (unpaired) electrons. The van der Waals surface area contributed by atoms with Gasteiger partial charge in [-0.1, -0.05) is 18.2 Å². The minimum absolute atomic E-state index is 0.451. The van der Waals surface area contributed by atoms with E-state index in [9.17, 15) is 0 Å². The number of aromatic amines is 1. The minimum atomic E-state index is 0.451. The van der Waals surface area contributed by atoms with Crippen LogP contribution in [0.1, 0.15) is 5.56 Å². The number of hydrogen-bond acceptors (Lipinski definition) is 3. The number of nitrogens with zero attached hydrogens (tertiary/aromatic N) is 1. The Morgan fingerprint density at radius 1 is 1.33 bits per heavy atom. The molecule has 0 spiro atoms. The molecule has 0 aliphatic heterocycles. The Morgan fingerprint density at radius 2 is 2.13 bits per heavy atom. The van der Waals surface area contributed by atoms with E-state index in [0.29, 0.717) is 10.5 Å². The number of nitrogens with one attached hydrogen (secondary N) is 1. The molecule has 0 saturated heterocycles. The van der Waals surface area contributed by atoms with Crippen LogP contribution in [0.4, 0.5) is 0 Å². The number of aryl methyl sites for hydroxylation is 1. The highest BCUT2D eigenvalue weighted by molar-refractivity contribution is 7.71. The van der Waals surface area contributed by atoms with Crippen molar-refractivity contribution in [3.8, 4) is 11.5 Å². The summed E-state index contributed by atoms with van der Waals surface area (Å²) in [5.74, 6) is 1.47. The molecule has 0 bridgehead atoms. The van der Waals surface area contributed by atoms with Crippen molar-refractivity contribution in [1.82, 2.24) is 9.97 Å². The molecule has 0 fully saturated rings. The standard InChI is InChI=1S/C11H10N2OS/c1-8-4-2-3-5-10(8)14-9-6-12-11(15)13-7-9/h2-7H,1H3,(H,12,13,15). The summed E-state index contributed by atoms with van der Waals surface area (Å²) < 4.78 is 6.08. The van der Waals surface area contributed by atoms with Gasteiger partial charge >= 0.3 is 0 Å². The van der Waals surface area contributed by atoms with Crippen LogP contribution in [0, 0.1) is 11.7 Å².